The van der Waals surface area contributed by atoms with Crippen LogP contribution in [0.5, 0.6) is 0 Å². The normalized spacial score (nSPS) is 17.3. The van der Waals surface area contributed by atoms with Crippen molar-refractivity contribution in [1.82, 2.24) is 20.3 Å². The summed E-state index contributed by atoms with van der Waals surface area (Å²) >= 11 is 3.61. The molecule has 3 aromatic rings. The minimum atomic E-state index is -0.503. The van der Waals surface area contributed by atoms with E-state index in [2.05, 4.69) is 47.5 Å². The van der Waals surface area contributed by atoms with E-state index in [4.69, 9.17) is 14.5 Å². The molecule has 38 heavy (non-hydrogen) atoms. The summed E-state index contributed by atoms with van der Waals surface area (Å²) in [4.78, 5) is 28.3. The molecule has 1 unspecified atom stereocenters. The second-order valence-electron chi connectivity index (χ2n) is 11.0. The number of carbonyl (C=O) groups excluding carboxylic acids is 1. The Morgan fingerprint density at radius 2 is 1.79 bits per heavy atom. The molecule has 202 valence electrons. The van der Waals surface area contributed by atoms with Crippen LogP contribution in [0.15, 0.2) is 41.3 Å². The van der Waals surface area contributed by atoms with Crippen LogP contribution in [-0.2, 0) is 9.47 Å². The van der Waals surface area contributed by atoms with Crippen LogP contribution in [0.1, 0.15) is 58.1 Å². The lowest BCUT2D eigenvalue weighted by atomic mass is 10.0. The van der Waals surface area contributed by atoms with E-state index in [0.29, 0.717) is 11.9 Å². The topological polar surface area (TPSA) is 102 Å². The van der Waals surface area contributed by atoms with Crippen molar-refractivity contribution in [2.75, 3.05) is 30.4 Å². The molecule has 5 rings (SSSR count). The average molecular weight is 584 g/mol. The predicted molar refractivity (Wildman–Crippen MR) is 152 cm³/mol. The Kier molecular flexibility index (Phi) is 7.72. The molecule has 0 radical (unpaired) electrons. The molecule has 2 fully saturated rings. The van der Waals surface area contributed by atoms with Crippen molar-refractivity contribution in [2.24, 2.45) is 5.92 Å². The predicted octanol–water partition coefficient (Wildman–Crippen LogP) is 6.12. The number of carbonyl (C=O) groups is 1. The molecule has 2 N–H and O–H groups in total. The second kappa shape index (κ2) is 11.0. The molecule has 0 bridgehead atoms. The van der Waals surface area contributed by atoms with Gasteiger partial charge in [0, 0.05) is 47.9 Å². The Labute approximate surface area is 231 Å². The summed E-state index contributed by atoms with van der Waals surface area (Å²) < 4.78 is 12.3. The van der Waals surface area contributed by atoms with Crippen LogP contribution >= 0.6 is 15.9 Å². The maximum absolute atomic E-state index is 12.1. The summed E-state index contributed by atoms with van der Waals surface area (Å²) in [5.41, 5.74) is 3.22. The second-order valence-corrected chi connectivity index (χ2v) is 12.0. The minimum Gasteiger partial charge on any atom is -0.444 e. The number of nitrogens with zero attached hydrogens (tertiary/aromatic N) is 4. The molecular weight excluding hydrogens is 548 g/mol. The highest BCUT2D eigenvalue weighted by atomic mass is 79.9. The molecule has 1 atom stereocenters. The molecule has 10 heteroatoms. The van der Waals surface area contributed by atoms with E-state index in [1.54, 1.807) is 7.11 Å². The number of methoxy groups -OCH3 is 1. The highest BCUT2D eigenvalue weighted by molar-refractivity contribution is 9.10. The lowest BCUT2D eigenvalue weighted by Gasteiger charge is -2.32. The number of hydrogen-bond donors (Lipinski definition) is 2. The van der Waals surface area contributed by atoms with Crippen LogP contribution in [0.2, 0.25) is 0 Å². The van der Waals surface area contributed by atoms with E-state index in [0.717, 1.165) is 71.1 Å². The standard InChI is InChI=1S/C28H35BrN6O3/c1-28(2,3)38-27(36)34-19-9-11-35(12-10-19)26-31-14-20(15-32-26)33-24-21-13-18(29)7-8-23(21)30-16-22(24)25(37-4)17-5-6-17/h7-8,13-17,19,25H,5-6,9-12H2,1-4H3,(H,30,33)(H,34,36). The summed E-state index contributed by atoms with van der Waals surface area (Å²) in [5.74, 6) is 1.19. The largest absolute Gasteiger partial charge is 0.444 e. The first-order valence-electron chi connectivity index (χ1n) is 13.1. The van der Waals surface area contributed by atoms with E-state index in [-0.39, 0.29) is 18.2 Å². The SMILES string of the molecule is COC(c1cnc2ccc(Br)cc2c1Nc1cnc(N2CCC(NC(=O)OC(C)(C)C)CC2)nc1)C1CC1. The van der Waals surface area contributed by atoms with Gasteiger partial charge in [-0.3, -0.25) is 4.98 Å². The quantitative estimate of drug-likeness (QED) is 0.343. The smallest absolute Gasteiger partial charge is 0.407 e. The number of ether oxygens (including phenoxy) is 2. The number of amides is 1. The van der Waals surface area contributed by atoms with E-state index >= 15 is 0 Å². The van der Waals surface area contributed by atoms with Crippen LogP contribution in [0.3, 0.4) is 0 Å². The number of halogens is 1. The van der Waals surface area contributed by atoms with E-state index in [1.807, 2.05) is 51.5 Å². The van der Waals surface area contributed by atoms with Crippen LogP contribution in [0.25, 0.3) is 10.9 Å². The lowest BCUT2D eigenvalue weighted by Crippen LogP contribution is -2.46. The molecule has 2 aromatic heterocycles. The van der Waals surface area contributed by atoms with Crippen molar-refractivity contribution in [2.45, 2.75) is 64.2 Å². The molecule has 1 aliphatic carbocycles. The fraction of sp³-hybridized carbons (Fsp3) is 0.500. The molecule has 1 saturated carbocycles. The number of fused-ring (bicyclic) bond motifs is 1. The third-order valence-electron chi connectivity index (χ3n) is 6.88. The Morgan fingerprint density at radius 3 is 2.42 bits per heavy atom. The third kappa shape index (κ3) is 6.35. The van der Waals surface area contributed by atoms with Crippen molar-refractivity contribution < 1.29 is 14.3 Å². The van der Waals surface area contributed by atoms with Crippen LogP contribution < -0.4 is 15.5 Å². The summed E-state index contributed by atoms with van der Waals surface area (Å²) in [7, 11) is 1.77. The summed E-state index contributed by atoms with van der Waals surface area (Å²) in [6, 6.07) is 6.17. The van der Waals surface area contributed by atoms with Crippen molar-refractivity contribution in [3.05, 3.63) is 46.8 Å². The van der Waals surface area contributed by atoms with Gasteiger partial charge >= 0.3 is 6.09 Å². The number of pyridine rings is 1. The lowest BCUT2D eigenvalue weighted by molar-refractivity contribution is 0.0497. The third-order valence-corrected chi connectivity index (χ3v) is 7.37. The van der Waals surface area contributed by atoms with Crippen molar-refractivity contribution >= 4 is 50.2 Å². The van der Waals surface area contributed by atoms with Crippen LogP contribution in [-0.4, -0.2) is 52.9 Å². The van der Waals surface area contributed by atoms with Gasteiger partial charge < -0.3 is 25.0 Å². The summed E-state index contributed by atoms with van der Waals surface area (Å²) in [5, 5.41) is 7.57. The number of piperidine rings is 1. The monoisotopic (exact) mass is 582 g/mol. The molecule has 9 nitrogen and oxygen atoms in total. The highest BCUT2D eigenvalue weighted by Gasteiger charge is 2.34. The molecule has 1 aliphatic heterocycles. The number of alkyl carbamates (subject to hydrolysis) is 1. The molecule has 2 aliphatic rings. The molecule has 3 heterocycles. The fourth-order valence-electron chi connectivity index (χ4n) is 4.90. The maximum atomic E-state index is 12.1. The van der Waals surface area contributed by atoms with Gasteiger partial charge in [-0.05, 0) is 70.6 Å². The number of benzene rings is 1. The van der Waals surface area contributed by atoms with E-state index < -0.39 is 5.60 Å². The first kappa shape index (κ1) is 26.6. The number of nitrogens with one attached hydrogen (secondary N) is 2. The van der Waals surface area contributed by atoms with Gasteiger partial charge in [0.15, 0.2) is 0 Å². The number of hydrogen-bond acceptors (Lipinski definition) is 8. The van der Waals surface area contributed by atoms with Gasteiger partial charge in [0.2, 0.25) is 5.95 Å². The summed E-state index contributed by atoms with van der Waals surface area (Å²) in [6.07, 6.45) is 9.13. The van der Waals surface area contributed by atoms with Gasteiger partial charge in [0.05, 0.1) is 35.4 Å². The average Bonchev–Trinajstić information content (AvgIpc) is 3.71. The highest BCUT2D eigenvalue weighted by Crippen LogP contribution is 2.46. The Bertz CT molecular complexity index is 1280. The van der Waals surface area contributed by atoms with Gasteiger partial charge in [0.1, 0.15) is 5.60 Å². The minimum absolute atomic E-state index is 0.0100. The molecular formula is C28H35BrN6O3. The van der Waals surface area contributed by atoms with Crippen LogP contribution in [0, 0.1) is 5.92 Å². The van der Waals surface area contributed by atoms with Crippen LogP contribution in [0.4, 0.5) is 22.1 Å². The summed E-state index contributed by atoms with van der Waals surface area (Å²) in [6.45, 7) is 7.12. The molecule has 0 spiro atoms. The van der Waals surface area contributed by atoms with Crippen molar-refractivity contribution in [3.63, 3.8) is 0 Å². The number of aromatic nitrogens is 3. The first-order valence-corrected chi connectivity index (χ1v) is 13.9. The van der Waals surface area contributed by atoms with Gasteiger partial charge in [-0.25, -0.2) is 14.8 Å². The Hall–Kier alpha value is -2.98. The zero-order valence-corrected chi connectivity index (χ0v) is 23.9. The van der Waals surface area contributed by atoms with Gasteiger partial charge in [-0.1, -0.05) is 15.9 Å². The van der Waals surface area contributed by atoms with Crippen molar-refractivity contribution in [3.8, 4) is 0 Å². The van der Waals surface area contributed by atoms with Crippen molar-refractivity contribution in [1.29, 1.82) is 0 Å². The van der Waals surface area contributed by atoms with Gasteiger partial charge in [0.25, 0.3) is 0 Å². The number of rotatable bonds is 7. The van der Waals surface area contributed by atoms with Gasteiger partial charge in [-0.2, -0.15) is 0 Å². The fourth-order valence-corrected chi connectivity index (χ4v) is 5.26. The Balaban J connectivity index is 1.29. The first-order chi connectivity index (χ1) is 18.2. The zero-order chi connectivity index (χ0) is 26.9. The Morgan fingerprint density at radius 1 is 1.08 bits per heavy atom. The molecule has 1 aromatic carbocycles. The molecule has 1 amide bonds. The number of anilines is 3. The molecule has 1 saturated heterocycles. The van der Waals surface area contributed by atoms with E-state index in [9.17, 15) is 4.79 Å². The van der Waals surface area contributed by atoms with E-state index in [1.165, 1.54) is 0 Å². The van der Waals surface area contributed by atoms with Gasteiger partial charge in [-0.15, -0.1) is 0 Å². The zero-order valence-electron chi connectivity index (χ0n) is 22.3. The maximum Gasteiger partial charge on any atom is 0.407 e.